The van der Waals surface area contributed by atoms with Crippen molar-refractivity contribution in [2.24, 2.45) is 10.9 Å². The van der Waals surface area contributed by atoms with Gasteiger partial charge in [0.2, 0.25) is 0 Å². The van der Waals surface area contributed by atoms with Crippen molar-refractivity contribution in [2.75, 3.05) is 20.1 Å². The van der Waals surface area contributed by atoms with E-state index in [1.54, 1.807) is 6.21 Å². The molecule has 1 aliphatic heterocycles. The second-order valence-electron chi connectivity index (χ2n) is 4.29. The highest BCUT2D eigenvalue weighted by molar-refractivity contribution is 9.11. The summed E-state index contributed by atoms with van der Waals surface area (Å²) < 4.78 is 0.884. The van der Waals surface area contributed by atoms with Crippen LogP contribution < -0.4 is 0 Å². The zero-order valence-electron chi connectivity index (χ0n) is 10.2. The first-order valence-corrected chi connectivity index (χ1v) is 6.71. The van der Waals surface area contributed by atoms with Gasteiger partial charge in [-0.1, -0.05) is 12.2 Å². The average molecular weight is 285 g/mol. The van der Waals surface area contributed by atoms with Gasteiger partial charge in [0.1, 0.15) is 4.61 Å². The Kier molecular flexibility index (Phi) is 6.65. The van der Waals surface area contributed by atoms with Gasteiger partial charge in [0.05, 0.1) is 0 Å². The highest BCUT2D eigenvalue weighted by Crippen LogP contribution is 2.19. The van der Waals surface area contributed by atoms with E-state index in [0.29, 0.717) is 0 Å². The lowest BCUT2D eigenvalue weighted by atomic mass is 9.94. The molecule has 0 aromatic heterocycles. The van der Waals surface area contributed by atoms with Crippen LogP contribution in [0.5, 0.6) is 0 Å². The molecule has 0 aromatic rings. The normalized spacial score (nSPS) is 21.3. The van der Waals surface area contributed by atoms with E-state index in [0.717, 1.165) is 10.5 Å². The van der Waals surface area contributed by atoms with Crippen molar-refractivity contribution in [1.82, 2.24) is 4.90 Å². The standard InChI is InChI=1S/C13H21BrN2/c1-3-15-13(14)7-5-4-6-12-8-10-16(2)11-9-12/h3-5,7,12H,6,8-11H2,1-2H3/b5-4+,13-7-,15-3-. The van der Waals surface area contributed by atoms with Gasteiger partial charge in [-0.2, -0.15) is 0 Å². The summed E-state index contributed by atoms with van der Waals surface area (Å²) in [5.74, 6) is 0.870. The van der Waals surface area contributed by atoms with E-state index in [4.69, 9.17) is 0 Å². The molecule has 90 valence electrons. The second-order valence-corrected chi connectivity index (χ2v) is 5.10. The molecule has 0 bridgehead atoms. The fraction of sp³-hybridized carbons (Fsp3) is 0.615. The van der Waals surface area contributed by atoms with E-state index in [1.165, 1.54) is 32.4 Å². The molecule has 1 aliphatic rings. The fourth-order valence-electron chi connectivity index (χ4n) is 1.88. The summed E-state index contributed by atoms with van der Waals surface area (Å²) in [7, 11) is 2.20. The molecule has 1 heterocycles. The van der Waals surface area contributed by atoms with Crippen molar-refractivity contribution in [3.8, 4) is 0 Å². The largest absolute Gasteiger partial charge is 0.306 e. The Balaban J connectivity index is 2.24. The number of allylic oxidation sites excluding steroid dienone is 3. The molecule has 0 N–H and O–H groups in total. The minimum atomic E-state index is 0.870. The molecule has 0 unspecified atom stereocenters. The molecule has 0 amide bonds. The number of likely N-dealkylation sites (tertiary alicyclic amines) is 1. The number of halogens is 1. The van der Waals surface area contributed by atoms with E-state index < -0.39 is 0 Å². The quantitative estimate of drug-likeness (QED) is 0.438. The average Bonchev–Trinajstić information content (AvgIpc) is 2.27. The van der Waals surface area contributed by atoms with Gasteiger partial charge >= 0.3 is 0 Å². The van der Waals surface area contributed by atoms with Crippen molar-refractivity contribution >= 4 is 22.1 Å². The van der Waals surface area contributed by atoms with Crippen molar-refractivity contribution in [3.05, 3.63) is 22.8 Å². The Morgan fingerprint density at radius 3 is 2.75 bits per heavy atom. The zero-order valence-corrected chi connectivity index (χ0v) is 11.8. The number of nitrogens with zero attached hydrogens (tertiary/aromatic N) is 2. The molecule has 1 rings (SSSR count). The summed E-state index contributed by atoms with van der Waals surface area (Å²) in [6.45, 7) is 4.41. The molecule has 3 heteroatoms. The first kappa shape index (κ1) is 13.7. The van der Waals surface area contributed by atoms with Crippen LogP contribution in [0.15, 0.2) is 27.8 Å². The number of hydrogen-bond donors (Lipinski definition) is 0. The van der Waals surface area contributed by atoms with E-state index in [9.17, 15) is 0 Å². The first-order valence-electron chi connectivity index (χ1n) is 5.92. The van der Waals surface area contributed by atoms with Crippen LogP contribution in [-0.2, 0) is 0 Å². The highest BCUT2D eigenvalue weighted by atomic mass is 79.9. The Labute approximate surface area is 107 Å². The predicted octanol–water partition coefficient (Wildman–Crippen LogP) is 3.60. The summed E-state index contributed by atoms with van der Waals surface area (Å²) in [6.07, 6.45) is 12.0. The highest BCUT2D eigenvalue weighted by Gasteiger charge is 2.14. The predicted molar refractivity (Wildman–Crippen MR) is 75.2 cm³/mol. The molecule has 0 saturated carbocycles. The minimum Gasteiger partial charge on any atom is -0.306 e. The van der Waals surface area contributed by atoms with E-state index >= 15 is 0 Å². The lowest BCUT2D eigenvalue weighted by Crippen LogP contribution is -2.29. The molecule has 1 fully saturated rings. The van der Waals surface area contributed by atoms with Gasteiger partial charge < -0.3 is 4.90 Å². The number of aliphatic imine (C=N–C) groups is 1. The molecule has 0 aromatic carbocycles. The molecule has 0 aliphatic carbocycles. The van der Waals surface area contributed by atoms with Gasteiger partial charge in [-0.3, -0.25) is 4.99 Å². The van der Waals surface area contributed by atoms with Crippen LogP contribution in [0.25, 0.3) is 0 Å². The fourth-order valence-corrected chi connectivity index (χ4v) is 2.24. The minimum absolute atomic E-state index is 0.870. The maximum absolute atomic E-state index is 4.11. The maximum Gasteiger partial charge on any atom is 0.105 e. The maximum atomic E-state index is 4.11. The zero-order chi connectivity index (χ0) is 11.8. The summed E-state index contributed by atoms with van der Waals surface area (Å²) in [4.78, 5) is 6.52. The third kappa shape index (κ3) is 5.61. The lowest BCUT2D eigenvalue weighted by molar-refractivity contribution is 0.221. The second kappa shape index (κ2) is 7.80. The number of piperidine rings is 1. The topological polar surface area (TPSA) is 15.6 Å². The third-order valence-electron chi connectivity index (χ3n) is 2.93. The van der Waals surface area contributed by atoms with Crippen LogP contribution in [0.4, 0.5) is 0 Å². The van der Waals surface area contributed by atoms with Crippen molar-refractivity contribution in [1.29, 1.82) is 0 Å². The van der Waals surface area contributed by atoms with Gasteiger partial charge in [-0.15, -0.1) is 0 Å². The lowest BCUT2D eigenvalue weighted by Gasteiger charge is -2.28. The van der Waals surface area contributed by atoms with Crippen LogP contribution in [0, 0.1) is 5.92 Å². The molecular formula is C13H21BrN2. The van der Waals surface area contributed by atoms with E-state index in [1.807, 2.05) is 13.0 Å². The van der Waals surface area contributed by atoms with Crippen molar-refractivity contribution < 1.29 is 0 Å². The van der Waals surface area contributed by atoms with Gasteiger partial charge in [0, 0.05) is 6.21 Å². The van der Waals surface area contributed by atoms with Gasteiger partial charge in [0.15, 0.2) is 0 Å². The number of rotatable bonds is 4. The van der Waals surface area contributed by atoms with Crippen LogP contribution in [-0.4, -0.2) is 31.3 Å². The van der Waals surface area contributed by atoms with Crippen LogP contribution in [0.1, 0.15) is 26.2 Å². The van der Waals surface area contributed by atoms with Crippen molar-refractivity contribution in [3.63, 3.8) is 0 Å². The van der Waals surface area contributed by atoms with Gasteiger partial charge in [0.25, 0.3) is 0 Å². The Morgan fingerprint density at radius 2 is 2.12 bits per heavy atom. The first-order chi connectivity index (χ1) is 7.72. The Bertz CT molecular complexity index is 274. The number of hydrogen-bond acceptors (Lipinski definition) is 2. The molecule has 0 radical (unpaired) electrons. The molecular weight excluding hydrogens is 264 g/mol. The summed E-state index contributed by atoms with van der Waals surface area (Å²) in [5, 5.41) is 0. The molecule has 1 saturated heterocycles. The van der Waals surface area contributed by atoms with E-state index in [2.05, 4.69) is 45.0 Å². The molecule has 2 nitrogen and oxygen atoms in total. The van der Waals surface area contributed by atoms with Gasteiger partial charge in [-0.25, -0.2) is 0 Å². The van der Waals surface area contributed by atoms with Crippen LogP contribution >= 0.6 is 15.9 Å². The Hall–Kier alpha value is -0.410. The molecule has 16 heavy (non-hydrogen) atoms. The summed E-state index contributed by atoms with van der Waals surface area (Å²) in [5.41, 5.74) is 0. The van der Waals surface area contributed by atoms with Crippen molar-refractivity contribution in [2.45, 2.75) is 26.2 Å². The third-order valence-corrected chi connectivity index (χ3v) is 3.40. The van der Waals surface area contributed by atoms with Gasteiger partial charge in [-0.05, 0) is 74.2 Å². The summed E-state index contributed by atoms with van der Waals surface area (Å²) in [6, 6.07) is 0. The smallest absolute Gasteiger partial charge is 0.105 e. The van der Waals surface area contributed by atoms with Crippen LogP contribution in [0.3, 0.4) is 0 Å². The SMILES string of the molecule is C\C=N/C(Br)=C\C=C\CC1CCN(C)CC1. The van der Waals surface area contributed by atoms with Crippen LogP contribution in [0.2, 0.25) is 0 Å². The molecule has 0 atom stereocenters. The Morgan fingerprint density at radius 1 is 1.44 bits per heavy atom. The monoisotopic (exact) mass is 284 g/mol. The van der Waals surface area contributed by atoms with E-state index in [-0.39, 0.29) is 0 Å². The molecule has 0 spiro atoms. The summed E-state index contributed by atoms with van der Waals surface area (Å²) >= 11 is 3.38.